The number of ether oxygens (including phenoxy) is 1. The second-order valence-corrected chi connectivity index (χ2v) is 6.58. The Morgan fingerprint density at radius 1 is 1.00 bits per heavy atom. The van der Waals surface area contributed by atoms with Crippen LogP contribution in [0.4, 0.5) is 5.69 Å². The molecule has 0 saturated heterocycles. The molecule has 0 aliphatic carbocycles. The van der Waals surface area contributed by atoms with E-state index in [2.05, 4.69) is 5.32 Å². The molecule has 6 heteroatoms. The highest BCUT2D eigenvalue weighted by Crippen LogP contribution is 2.18. The standard InChI is InChI=1S/C22H26N2O4/c1-4-10-16(2)23-20(25)15-28-22(27)19-14-9-8-13-18(19)21(26)24(3)17-11-6-5-7-12-17/h5-9,11-14,16H,4,10,15H2,1-3H3,(H,23,25). The third kappa shape index (κ3) is 5.67. The van der Waals surface area contributed by atoms with Gasteiger partial charge in [0.2, 0.25) is 0 Å². The SMILES string of the molecule is CCCC(C)NC(=O)COC(=O)c1ccccc1C(=O)N(C)c1ccccc1. The smallest absolute Gasteiger partial charge is 0.339 e. The molecule has 1 N–H and O–H groups in total. The summed E-state index contributed by atoms with van der Waals surface area (Å²) in [4.78, 5) is 38.7. The minimum absolute atomic E-state index is 0.0181. The minimum Gasteiger partial charge on any atom is -0.452 e. The van der Waals surface area contributed by atoms with Crippen LogP contribution >= 0.6 is 0 Å². The molecule has 0 bridgehead atoms. The largest absolute Gasteiger partial charge is 0.452 e. The van der Waals surface area contributed by atoms with Crippen LogP contribution in [-0.2, 0) is 9.53 Å². The summed E-state index contributed by atoms with van der Waals surface area (Å²) in [6.07, 6.45) is 1.80. The number of esters is 1. The van der Waals surface area contributed by atoms with E-state index in [1.807, 2.05) is 32.0 Å². The maximum Gasteiger partial charge on any atom is 0.339 e. The summed E-state index contributed by atoms with van der Waals surface area (Å²) in [6.45, 7) is 3.55. The Kier molecular flexibility index (Phi) is 7.75. The summed E-state index contributed by atoms with van der Waals surface area (Å²) < 4.78 is 5.12. The van der Waals surface area contributed by atoms with Crippen molar-refractivity contribution in [1.29, 1.82) is 0 Å². The highest BCUT2D eigenvalue weighted by Gasteiger charge is 2.22. The molecular weight excluding hydrogens is 356 g/mol. The summed E-state index contributed by atoms with van der Waals surface area (Å²) in [6, 6.07) is 15.6. The van der Waals surface area contributed by atoms with Gasteiger partial charge >= 0.3 is 5.97 Å². The number of nitrogens with one attached hydrogen (secondary N) is 1. The topological polar surface area (TPSA) is 75.7 Å². The fourth-order valence-corrected chi connectivity index (χ4v) is 2.83. The van der Waals surface area contributed by atoms with Crippen LogP contribution in [0.5, 0.6) is 0 Å². The van der Waals surface area contributed by atoms with Crippen LogP contribution in [0.1, 0.15) is 47.4 Å². The van der Waals surface area contributed by atoms with Crippen LogP contribution < -0.4 is 10.2 Å². The molecule has 2 aromatic rings. The normalized spacial score (nSPS) is 11.4. The molecule has 2 amide bonds. The first-order valence-electron chi connectivity index (χ1n) is 9.32. The van der Waals surface area contributed by atoms with E-state index < -0.39 is 5.97 Å². The first-order chi connectivity index (χ1) is 13.4. The van der Waals surface area contributed by atoms with Crippen LogP contribution in [-0.4, -0.2) is 37.5 Å². The van der Waals surface area contributed by atoms with Crippen LogP contribution in [0.15, 0.2) is 54.6 Å². The molecule has 2 aromatic carbocycles. The molecule has 0 spiro atoms. The van der Waals surface area contributed by atoms with Gasteiger partial charge in [0, 0.05) is 18.8 Å². The summed E-state index contributed by atoms with van der Waals surface area (Å²) in [5.74, 6) is -1.40. The lowest BCUT2D eigenvalue weighted by Gasteiger charge is -2.19. The molecule has 6 nitrogen and oxygen atoms in total. The van der Waals surface area contributed by atoms with Gasteiger partial charge in [0.25, 0.3) is 11.8 Å². The second-order valence-electron chi connectivity index (χ2n) is 6.58. The molecule has 1 unspecified atom stereocenters. The third-order valence-corrected chi connectivity index (χ3v) is 4.29. The molecule has 0 aliphatic rings. The van der Waals surface area contributed by atoms with Crippen molar-refractivity contribution >= 4 is 23.5 Å². The predicted octanol–water partition coefficient (Wildman–Crippen LogP) is 3.42. The number of hydrogen-bond acceptors (Lipinski definition) is 4. The Hall–Kier alpha value is -3.15. The molecular formula is C22H26N2O4. The number of para-hydroxylation sites is 1. The molecule has 2 rings (SSSR count). The average Bonchev–Trinajstić information content (AvgIpc) is 2.71. The van der Waals surface area contributed by atoms with Gasteiger partial charge in [-0.1, -0.05) is 43.7 Å². The second kappa shape index (κ2) is 10.3. The van der Waals surface area contributed by atoms with E-state index in [1.165, 1.54) is 11.0 Å². The van der Waals surface area contributed by atoms with Crippen LogP contribution in [0.2, 0.25) is 0 Å². The van der Waals surface area contributed by atoms with Gasteiger partial charge in [-0.05, 0) is 37.6 Å². The fraction of sp³-hybridized carbons (Fsp3) is 0.318. The number of carbonyl (C=O) groups excluding carboxylic acids is 3. The van der Waals surface area contributed by atoms with Gasteiger partial charge in [-0.3, -0.25) is 9.59 Å². The van der Waals surface area contributed by atoms with Crippen molar-refractivity contribution in [2.45, 2.75) is 32.7 Å². The van der Waals surface area contributed by atoms with Crippen LogP contribution in [0, 0.1) is 0 Å². The maximum atomic E-state index is 12.9. The number of benzene rings is 2. The molecule has 28 heavy (non-hydrogen) atoms. The van der Waals surface area contributed by atoms with Crippen molar-refractivity contribution in [1.82, 2.24) is 5.32 Å². The fourth-order valence-electron chi connectivity index (χ4n) is 2.83. The molecule has 0 fully saturated rings. The predicted molar refractivity (Wildman–Crippen MR) is 108 cm³/mol. The van der Waals surface area contributed by atoms with Gasteiger partial charge in [-0.2, -0.15) is 0 Å². The minimum atomic E-state index is -0.705. The summed E-state index contributed by atoms with van der Waals surface area (Å²) in [5, 5.41) is 2.77. The maximum absolute atomic E-state index is 12.9. The van der Waals surface area contributed by atoms with Gasteiger partial charge < -0.3 is 15.0 Å². The average molecular weight is 382 g/mol. The monoisotopic (exact) mass is 382 g/mol. The molecule has 0 saturated carbocycles. The first-order valence-corrected chi connectivity index (χ1v) is 9.32. The van der Waals surface area contributed by atoms with E-state index >= 15 is 0 Å². The molecule has 0 heterocycles. The Morgan fingerprint density at radius 2 is 1.61 bits per heavy atom. The number of rotatable bonds is 8. The summed E-state index contributed by atoms with van der Waals surface area (Å²) >= 11 is 0. The van der Waals surface area contributed by atoms with Crippen molar-refractivity contribution in [3.63, 3.8) is 0 Å². The lowest BCUT2D eigenvalue weighted by atomic mass is 10.1. The van der Waals surface area contributed by atoms with Gasteiger partial charge in [-0.25, -0.2) is 4.79 Å². The van der Waals surface area contributed by atoms with Crippen molar-refractivity contribution in [2.24, 2.45) is 0 Å². The Labute approximate surface area is 165 Å². The molecule has 148 valence electrons. The lowest BCUT2D eigenvalue weighted by molar-refractivity contribution is -0.124. The highest BCUT2D eigenvalue weighted by atomic mass is 16.5. The number of nitrogens with zero attached hydrogens (tertiary/aromatic N) is 1. The number of amides is 2. The van der Waals surface area contributed by atoms with Crippen molar-refractivity contribution in [3.05, 3.63) is 65.7 Å². The van der Waals surface area contributed by atoms with Crippen LogP contribution in [0.25, 0.3) is 0 Å². The van der Waals surface area contributed by atoms with Gasteiger partial charge in [-0.15, -0.1) is 0 Å². The number of carbonyl (C=O) groups is 3. The van der Waals surface area contributed by atoms with Gasteiger partial charge in [0.15, 0.2) is 6.61 Å². The zero-order valence-corrected chi connectivity index (χ0v) is 16.5. The van der Waals surface area contributed by atoms with E-state index in [1.54, 1.807) is 37.4 Å². The van der Waals surface area contributed by atoms with E-state index in [0.29, 0.717) is 5.69 Å². The summed E-state index contributed by atoms with van der Waals surface area (Å²) in [5.41, 5.74) is 1.06. The van der Waals surface area contributed by atoms with Gasteiger partial charge in [0.05, 0.1) is 11.1 Å². The van der Waals surface area contributed by atoms with Crippen molar-refractivity contribution in [2.75, 3.05) is 18.6 Å². The number of hydrogen-bond donors (Lipinski definition) is 1. The van der Waals surface area contributed by atoms with E-state index in [0.717, 1.165) is 12.8 Å². The van der Waals surface area contributed by atoms with E-state index in [9.17, 15) is 14.4 Å². The van der Waals surface area contributed by atoms with E-state index in [-0.39, 0.29) is 35.6 Å². The lowest BCUT2D eigenvalue weighted by Crippen LogP contribution is -2.36. The summed E-state index contributed by atoms with van der Waals surface area (Å²) in [7, 11) is 1.64. The zero-order valence-electron chi connectivity index (χ0n) is 16.5. The zero-order chi connectivity index (χ0) is 20.5. The molecule has 0 aliphatic heterocycles. The number of anilines is 1. The van der Waals surface area contributed by atoms with E-state index in [4.69, 9.17) is 4.74 Å². The Morgan fingerprint density at radius 3 is 2.25 bits per heavy atom. The van der Waals surface area contributed by atoms with Crippen molar-refractivity contribution < 1.29 is 19.1 Å². The quantitative estimate of drug-likeness (QED) is 0.710. The Balaban J connectivity index is 2.07. The van der Waals surface area contributed by atoms with Gasteiger partial charge in [0.1, 0.15) is 0 Å². The highest BCUT2D eigenvalue weighted by molar-refractivity contribution is 6.12. The molecule has 0 aromatic heterocycles. The third-order valence-electron chi connectivity index (χ3n) is 4.29. The molecule has 1 atom stereocenters. The Bertz CT molecular complexity index is 820. The molecule has 0 radical (unpaired) electrons. The first kappa shape index (κ1) is 21.2. The van der Waals surface area contributed by atoms with Crippen molar-refractivity contribution in [3.8, 4) is 0 Å². The van der Waals surface area contributed by atoms with Crippen LogP contribution in [0.3, 0.4) is 0 Å².